The topological polar surface area (TPSA) is 84.9 Å². The van der Waals surface area contributed by atoms with Crippen molar-refractivity contribution in [1.82, 2.24) is 14.9 Å². The van der Waals surface area contributed by atoms with Crippen LogP contribution in [0.25, 0.3) is 0 Å². The predicted molar refractivity (Wildman–Crippen MR) is 166 cm³/mol. The number of anilines is 5. The summed E-state index contributed by atoms with van der Waals surface area (Å²) in [5.41, 5.74) is 3.64. The largest absolute Gasteiger partial charge is 0.370 e. The number of nitrogens with zero attached hydrogens (tertiary/aromatic N) is 6. The third-order valence-corrected chi connectivity index (χ3v) is 9.48. The Kier molecular flexibility index (Phi) is 8.00. The van der Waals surface area contributed by atoms with Gasteiger partial charge in [0.1, 0.15) is 5.03 Å². The monoisotopic (exact) mass is 611 g/mol. The van der Waals surface area contributed by atoms with Gasteiger partial charge in [-0.2, -0.15) is 0 Å². The van der Waals surface area contributed by atoms with Crippen LogP contribution in [0.4, 0.5) is 28.7 Å². The number of nitrogens with one attached hydrogen (secondary N) is 1. The summed E-state index contributed by atoms with van der Waals surface area (Å²) in [5, 5.41) is 4.70. The molecule has 0 unspecified atom stereocenters. The van der Waals surface area contributed by atoms with Gasteiger partial charge in [-0.3, -0.25) is 14.5 Å². The highest BCUT2D eigenvalue weighted by Gasteiger charge is 2.31. The fourth-order valence-electron chi connectivity index (χ4n) is 5.67. The van der Waals surface area contributed by atoms with Crippen LogP contribution in [0.1, 0.15) is 36.0 Å². The smallest absolute Gasteiger partial charge is 0.263 e. The molecule has 1 N–H and O–H groups in total. The zero-order valence-corrected chi connectivity index (χ0v) is 25.3. The highest BCUT2D eigenvalue weighted by atomic mass is 35.5. The molecule has 12 heteroatoms. The molecular formula is C29H31Cl2N7O2S. The summed E-state index contributed by atoms with van der Waals surface area (Å²) in [5.74, 6) is 0.602. The van der Waals surface area contributed by atoms with Crippen molar-refractivity contribution in [2.24, 2.45) is 0 Å². The number of carbonyl (C=O) groups is 2. The number of carbonyl (C=O) groups excluding carboxylic acids is 2. The van der Waals surface area contributed by atoms with Gasteiger partial charge in [0.2, 0.25) is 11.9 Å². The third-order valence-electron chi connectivity index (χ3n) is 7.90. The van der Waals surface area contributed by atoms with E-state index in [1.165, 1.54) is 18.0 Å². The molecule has 0 spiro atoms. The van der Waals surface area contributed by atoms with Crippen LogP contribution < -0.4 is 20.0 Å². The maximum atomic E-state index is 13.3. The predicted octanol–water partition coefficient (Wildman–Crippen LogP) is 5.89. The van der Waals surface area contributed by atoms with E-state index >= 15 is 0 Å². The fourth-order valence-corrected chi connectivity index (χ4v) is 7.21. The van der Waals surface area contributed by atoms with E-state index in [9.17, 15) is 9.59 Å². The van der Waals surface area contributed by atoms with E-state index in [-0.39, 0.29) is 11.8 Å². The first-order chi connectivity index (χ1) is 19.8. The molecule has 2 fully saturated rings. The van der Waals surface area contributed by atoms with Gasteiger partial charge in [-0.05, 0) is 63.7 Å². The van der Waals surface area contributed by atoms with Gasteiger partial charge in [0, 0.05) is 44.0 Å². The molecule has 2 aromatic carbocycles. The molecule has 3 aliphatic heterocycles. The Morgan fingerprint density at radius 3 is 2.44 bits per heavy atom. The van der Waals surface area contributed by atoms with Crippen LogP contribution in [-0.4, -0.2) is 72.3 Å². The molecule has 4 heterocycles. The number of benzene rings is 2. The Balaban J connectivity index is 1.24. The van der Waals surface area contributed by atoms with Crippen LogP contribution >= 0.6 is 35.0 Å². The van der Waals surface area contributed by atoms with Crippen molar-refractivity contribution in [3.05, 3.63) is 58.2 Å². The first-order valence-electron chi connectivity index (χ1n) is 13.7. The van der Waals surface area contributed by atoms with Crippen LogP contribution in [0.2, 0.25) is 10.0 Å². The van der Waals surface area contributed by atoms with Gasteiger partial charge in [0.15, 0.2) is 0 Å². The van der Waals surface area contributed by atoms with Crippen molar-refractivity contribution in [2.45, 2.75) is 36.8 Å². The SMILES string of the molecule is CN(C)C1CCN(c2ccc(Nc3ncc4c(n3)SCN(c3c(Cl)cccc3Cl)C4=O)cc2N2CCCC2=O)CC1. The van der Waals surface area contributed by atoms with E-state index < -0.39 is 0 Å². The number of amides is 2. The molecule has 3 aliphatic rings. The van der Waals surface area contributed by atoms with E-state index in [0.29, 0.717) is 57.2 Å². The molecule has 2 amide bonds. The van der Waals surface area contributed by atoms with Crippen molar-refractivity contribution in [2.75, 3.05) is 59.6 Å². The average Bonchev–Trinajstić information content (AvgIpc) is 3.39. The lowest BCUT2D eigenvalue weighted by molar-refractivity contribution is -0.117. The normalized spacial score (nSPS) is 17.9. The van der Waals surface area contributed by atoms with Gasteiger partial charge < -0.3 is 20.0 Å². The molecule has 1 aromatic heterocycles. The molecule has 41 heavy (non-hydrogen) atoms. The van der Waals surface area contributed by atoms with Crippen LogP contribution in [0.15, 0.2) is 47.6 Å². The summed E-state index contributed by atoms with van der Waals surface area (Å²) in [6, 6.07) is 11.8. The second-order valence-electron chi connectivity index (χ2n) is 10.6. The van der Waals surface area contributed by atoms with E-state index in [1.807, 2.05) is 17.0 Å². The molecule has 6 rings (SSSR count). The lowest BCUT2D eigenvalue weighted by Crippen LogP contribution is -2.42. The zero-order chi connectivity index (χ0) is 28.7. The summed E-state index contributed by atoms with van der Waals surface area (Å²) in [7, 11) is 4.27. The number of rotatable bonds is 6. The highest BCUT2D eigenvalue weighted by molar-refractivity contribution is 7.99. The Morgan fingerprint density at radius 2 is 1.76 bits per heavy atom. The van der Waals surface area contributed by atoms with E-state index in [1.54, 1.807) is 23.1 Å². The number of hydrogen-bond donors (Lipinski definition) is 1. The molecule has 0 saturated carbocycles. The summed E-state index contributed by atoms with van der Waals surface area (Å²) in [6.07, 6.45) is 5.12. The third kappa shape index (κ3) is 5.58. The van der Waals surface area contributed by atoms with Gasteiger partial charge >= 0.3 is 0 Å². The molecule has 0 atom stereocenters. The van der Waals surface area contributed by atoms with E-state index in [0.717, 1.165) is 49.4 Å². The lowest BCUT2D eigenvalue weighted by Gasteiger charge is -2.38. The van der Waals surface area contributed by atoms with Crippen LogP contribution in [0.5, 0.6) is 0 Å². The van der Waals surface area contributed by atoms with Crippen molar-refractivity contribution in [1.29, 1.82) is 0 Å². The number of thioether (sulfide) groups is 1. The van der Waals surface area contributed by atoms with Gasteiger partial charge in [-0.1, -0.05) is 41.0 Å². The molecular weight excluding hydrogens is 581 g/mol. The van der Waals surface area contributed by atoms with Crippen LogP contribution in [0, 0.1) is 0 Å². The number of fused-ring (bicyclic) bond motifs is 1. The zero-order valence-electron chi connectivity index (χ0n) is 22.9. The minimum atomic E-state index is -0.252. The fraction of sp³-hybridized carbons (Fsp3) is 0.379. The van der Waals surface area contributed by atoms with Gasteiger partial charge in [0.05, 0.1) is 38.5 Å². The van der Waals surface area contributed by atoms with Gasteiger partial charge in [-0.15, -0.1) is 0 Å². The Labute approximate surface area is 253 Å². The lowest BCUT2D eigenvalue weighted by atomic mass is 10.0. The summed E-state index contributed by atoms with van der Waals surface area (Å²) >= 11 is 14.1. The molecule has 214 valence electrons. The molecule has 0 aliphatic carbocycles. The second kappa shape index (κ2) is 11.7. The first kappa shape index (κ1) is 28.1. The van der Waals surface area contributed by atoms with Gasteiger partial charge in [-0.25, -0.2) is 9.97 Å². The number of aromatic nitrogens is 2. The molecule has 9 nitrogen and oxygen atoms in total. The maximum absolute atomic E-state index is 13.3. The molecule has 2 saturated heterocycles. The number of hydrogen-bond acceptors (Lipinski definition) is 8. The van der Waals surface area contributed by atoms with Crippen molar-refractivity contribution >= 4 is 75.5 Å². The first-order valence-corrected chi connectivity index (χ1v) is 15.4. The van der Waals surface area contributed by atoms with Crippen molar-refractivity contribution in [3.8, 4) is 0 Å². The van der Waals surface area contributed by atoms with Crippen molar-refractivity contribution < 1.29 is 9.59 Å². The summed E-state index contributed by atoms with van der Waals surface area (Å²) in [4.78, 5) is 43.3. The summed E-state index contributed by atoms with van der Waals surface area (Å²) in [6.45, 7) is 2.60. The van der Waals surface area contributed by atoms with E-state index in [4.69, 9.17) is 23.2 Å². The number of piperidine rings is 1. The highest BCUT2D eigenvalue weighted by Crippen LogP contribution is 2.40. The maximum Gasteiger partial charge on any atom is 0.263 e. The minimum absolute atomic E-state index is 0.148. The van der Waals surface area contributed by atoms with Crippen LogP contribution in [0.3, 0.4) is 0 Å². The second-order valence-corrected chi connectivity index (χ2v) is 12.4. The van der Waals surface area contributed by atoms with Crippen molar-refractivity contribution in [3.63, 3.8) is 0 Å². The average molecular weight is 613 g/mol. The number of halogens is 2. The number of para-hydroxylation sites is 1. The Hall–Kier alpha value is -3.05. The van der Waals surface area contributed by atoms with Gasteiger partial charge in [0.25, 0.3) is 5.91 Å². The summed E-state index contributed by atoms with van der Waals surface area (Å²) < 4.78 is 0. The molecule has 0 radical (unpaired) electrons. The Bertz CT molecular complexity index is 1480. The quantitative estimate of drug-likeness (QED) is 0.345. The molecule has 3 aromatic rings. The standard InChI is InChI=1S/C29H31Cl2N7O2S/c1-35(2)19-10-13-36(14-11-19)23-9-8-18(15-24(23)37-12-4-7-25(37)39)33-29-32-16-20-27(34-29)41-17-38(28(20)40)26-21(30)5-3-6-22(26)31/h3,5-6,8-9,15-16,19H,4,7,10-14,17H2,1-2H3,(H,32,33,34). The van der Waals surface area contributed by atoms with Crippen LogP contribution in [-0.2, 0) is 4.79 Å². The Morgan fingerprint density at radius 1 is 1.00 bits per heavy atom. The van der Waals surface area contributed by atoms with E-state index in [2.05, 4.69) is 45.2 Å². The minimum Gasteiger partial charge on any atom is -0.370 e. The molecule has 0 bridgehead atoms.